The van der Waals surface area contributed by atoms with E-state index in [9.17, 15) is 13.2 Å². The van der Waals surface area contributed by atoms with Gasteiger partial charge in [0.05, 0.1) is 11.5 Å². The molecule has 5 nitrogen and oxygen atoms in total. The molecule has 0 aliphatic carbocycles. The van der Waals surface area contributed by atoms with Crippen molar-refractivity contribution in [2.45, 2.75) is 32.4 Å². The van der Waals surface area contributed by atoms with Gasteiger partial charge in [-0.1, -0.05) is 12.1 Å². The van der Waals surface area contributed by atoms with Crippen molar-refractivity contribution in [3.8, 4) is 0 Å². The van der Waals surface area contributed by atoms with Gasteiger partial charge in [-0.05, 0) is 31.0 Å². The summed E-state index contributed by atoms with van der Waals surface area (Å²) in [5, 5.41) is 6.08. The summed E-state index contributed by atoms with van der Waals surface area (Å²) in [5.74, 6) is 0.371. The first-order valence-corrected chi connectivity index (χ1v) is 8.52. The van der Waals surface area contributed by atoms with Crippen LogP contribution in [-0.2, 0) is 14.6 Å². The number of anilines is 1. The van der Waals surface area contributed by atoms with Crippen molar-refractivity contribution in [1.29, 1.82) is 0 Å². The lowest BCUT2D eigenvalue weighted by Gasteiger charge is -2.19. The highest BCUT2D eigenvalue weighted by molar-refractivity contribution is 7.91. The second kappa shape index (κ2) is 5.93. The van der Waals surface area contributed by atoms with Gasteiger partial charge in [0.1, 0.15) is 0 Å². The Labute approximate surface area is 119 Å². The molecule has 1 aromatic carbocycles. The number of carbonyl (C=O) groups excluding carboxylic acids is 1. The molecule has 0 radical (unpaired) electrons. The number of benzene rings is 1. The normalized spacial score (nSPS) is 22.4. The summed E-state index contributed by atoms with van der Waals surface area (Å²) in [5.41, 5.74) is 1.78. The summed E-state index contributed by atoms with van der Waals surface area (Å²) < 4.78 is 22.9. The SMILES string of the molecule is CC(=O)Nc1cccc(C(C)NC2CCS(=O)(=O)C2)c1. The number of rotatable bonds is 4. The number of hydrogen-bond donors (Lipinski definition) is 2. The van der Waals surface area contributed by atoms with Crippen LogP contribution in [0.25, 0.3) is 0 Å². The van der Waals surface area contributed by atoms with Crippen molar-refractivity contribution < 1.29 is 13.2 Å². The van der Waals surface area contributed by atoms with E-state index in [4.69, 9.17) is 0 Å². The third-order valence-corrected chi connectivity index (χ3v) is 5.19. The van der Waals surface area contributed by atoms with Gasteiger partial charge in [0.2, 0.25) is 5.91 Å². The fraction of sp³-hybridized carbons (Fsp3) is 0.500. The van der Waals surface area contributed by atoms with Crippen LogP contribution in [-0.4, -0.2) is 31.9 Å². The van der Waals surface area contributed by atoms with E-state index < -0.39 is 9.84 Å². The fourth-order valence-corrected chi connectivity index (χ4v) is 4.15. The molecule has 20 heavy (non-hydrogen) atoms. The monoisotopic (exact) mass is 296 g/mol. The van der Waals surface area contributed by atoms with Crippen molar-refractivity contribution >= 4 is 21.4 Å². The summed E-state index contributed by atoms with van der Waals surface area (Å²) in [6.07, 6.45) is 0.665. The summed E-state index contributed by atoms with van der Waals surface area (Å²) in [4.78, 5) is 11.1. The molecule has 2 unspecified atom stereocenters. The topological polar surface area (TPSA) is 75.3 Å². The minimum atomic E-state index is -2.87. The summed E-state index contributed by atoms with van der Waals surface area (Å²) in [7, 11) is -2.87. The van der Waals surface area contributed by atoms with Gasteiger partial charge >= 0.3 is 0 Å². The number of sulfone groups is 1. The summed E-state index contributed by atoms with van der Waals surface area (Å²) in [6.45, 7) is 3.47. The predicted octanol–water partition coefficient (Wildman–Crippen LogP) is 1.48. The maximum absolute atomic E-state index is 11.4. The first-order chi connectivity index (χ1) is 9.35. The van der Waals surface area contributed by atoms with E-state index >= 15 is 0 Å². The van der Waals surface area contributed by atoms with Gasteiger partial charge in [-0.25, -0.2) is 8.42 Å². The molecule has 1 aromatic rings. The lowest BCUT2D eigenvalue weighted by Crippen LogP contribution is -2.32. The van der Waals surface area contributed by atoms with Crippen LogP contribution in [0, 0.1) is 0 Å². The molecule has 110 valence electrons. The van der Waals surface area contributed by atoms with Crippen LogP contribution in [0.5, 0.6) is 0 Å². The lowest BCUT2D eigenvalue weighted by atomic mass is 10.1. The van der Waals surface area contributed by atoms with Crippen molar-refractivity contribution in [3.63, 3.8) is 0 Å². The molecule has 1 saturated heterocycles. The fourth-order valence-electron chi connectivity index (χ4n) is 2.47. The van der Waals surface area contributed by atoms with Gasteiger partial charge in [0, 0.05) is 24.7 Å². The second-order valence-electron chi connectivity index (χ2n) is 5.29. The number of nitrogens with one attached hydrogen (secondary N) is 2. The number of carbonyl (C=O) groups is 1. The predicted molar refractivity (Wildman–Crippen MR) is 79.4 cm³/mol. The Morgan fingerprint density at radius 2 is 2.15 bits per heavy atom. The average molecular weight is 296 g/mol. The van der Waals surface area contributed by atoms with E-state index in [1.807, 2.05) is 31.2 Å². The zero-order valence-electron chi connectivity index (χ0n) is 11.7. The Hall–Kier alpha value is -1.40. The largest absolute Gasteiger partial charge is 0.326 e. The van der Waals surface area contributed by atoms with Gasteiger partial charge in [0.15, 0.2) is 9.84 Å². The van der Waals surface area contributed by atoms with Crippen LogP contribution in [0.2, 0.25) is 0 Å². The molecule has 0 bridgehead atoms. The van der Waals surface area contributed by atoms with Crippen molar-refractivity contribution in [3.05, 3.63) is 29.8 Å². The third kappa shape index (κ3) is 4.05. The Morgan fingerprint density at radius 3 is 2.75 bits per heavy atom. The Morgan fingerprint density at radius 1 is 1.40 bits per heavy atom. The second-order valence-corrected chi connectivity index (χ2v) is 7.52. The molecule has 1 aliphatic heterocycles. The molecule has 1 heterocycles. The smallest absolute Gasteiger partial charge is 0.221 e. The van der Waals surface area contributed by atoms with E-state index in [1.165, 1.54) is 6.92 Å². The van der Waals surface area contributed by atoms with E-state index in [2.05, 4.69) is 10.6 Å². The van der Waals surface area contributed by atoms with Crippen LogP contribution < -0.4 is 10.6 Å². The molecule has 2 N–H and O–H groups in total. The van der Waals surface area contributed by atoms with E-state index in [0.29, 0.717) is 6.42 Å². The van der Waals surface area contributed by atoms with Gasteiger partial charge in [-0.15, -0.1) is 0 Å². The maximum atomic E-state index is 11.4. The molecule has 1 amide bonds. The highest BCUT2D eigenvalue weighted by Gasteiger charge is 2.28. The lowest BCUT2D eigenvalue weighted by molar-refractivity contribution is -0.114. The zero-order chi connectivity index (χ0) is 14.8. The van der Waals surface area contributed by atoms with Gasteiger partial charge in [-0.2, -0.15) is 0 Å². The average Bonchev–Trinajstić information content (AvgIpc) is 2.68. The Balaban J connectivity index is 2.02. The first kappa shape index (κ1) is 15.0. The molecule has 0 saturated carbocycles. The molecule has 2 rings (SSSR count). The van der Waals surface area contributed by atoms with Crippen molar-refractivity contribution in [1.82, 2.24) is 5.32 Å². The molecular formula is C14H20N2O3S. The molecule has 1 fully saturated rings. The van der Waals surface area contributed by atoms with Gasteiger partial charge in [-0.3, -0.25) is 4.79 Å². The summed E-state index contributed by atoms with van der Waals surface area (Å²) >= 11 is 0. The minimum Gasteiger partial charge on any atom is -0.326 e. The van der Waals surface area contributed by atoms with Gasteiger partial charge in [0.25, 0.3) is 0 Å². The Kier molecular flexibility index (Phi) is 4.45. The highest BCUT2D eigenvalue weighted by atomic mass is 32.2. The van der Waals surface area contributed by atoms with E-state index in [1.54, 1.807) is 0 Å². The van der Waals surface area contributed by atoms with Crippen LogP contribution in [0.15, 0.2) is 24.3 Å². The van der Waals surface area contributed by atoms with Crippen molar-refractivity contribution in [2.75, 3.05) is 16.8 Å². The minimum absolute atomic E-state index is 0.0134. The third-order valence-electron chi connectivity index (χ3n) is 3.43. The van der Waals surface area contributed by atoms with Crippen LogP contribution in [0.1, 0.15) is 31.9 Å². The molecule has 0 aromatic heterocycles. The quantitative estimate of drug-likeness (QED) is 0.882. The maximum Gasteiger partial charge on any atom is 0.221 e. The van der Waals surface area contributed by atoms with Crippen LogP contribution in [0.4, 0.5) is 5.69 Å². The number of hydrogen-bond acceptors (Lipinski definition) is 4. The molecule has 2 atom stereocenters. The van der Waals surface area contributed by atoms with Gasteiger partial charge < -0.3 is 10.6 Å². The molecule has 1 aliphatic rings. The first-order valence-electron chi connectivity index (χ1n) is 6.70. The summed E-state index contributed by atoms with van der Waals surface area (Å²) in [6, 6.07) is 7.64. The van der Waals surface area contributed by atoms with E-state index in [-0.39, 0.29) is 29.5 Å². The van der Waals surface area contributed by atoms with Crippen LogP contribution in [0.3, 0.4) is 0 Å². The van der Waals surface area contributed by atoms with Crippen molar-refractivity contribution in [2.24, 2.45) is 0 Å². The molecule has 6 heteroatoms. The molecular weight excluding hydrogens is 276 g/mol. The zero-order valence-corrected chi connectivity index (χ0v) is 12.5. The van der Waals surface area contributed by atoms with Crippen LogP contribution >= 0.6 is 0 Å². The Bertz CT molecular complexity index is 598. The highest BCUT2D eigenvalue weighted by Crippen LogP contribution is 2.20. The molecule has 0 spiro atoms. The van der Waals surface area contributed by atoms with E-state index in [0.717, 1.165) is 11.3 Å². The number of amides is 1. The standard InChI is InChI=1S/C14H20N2O3S/c1-10(15-14-6-7-20(18,19)9-14)12-4-3-5-13(8-12)16-11(2)17/h3-5,8,10,14-15H,6-7,9H2,1-2H3,(H,16,17).